The Morgan fingerprint density at radius 1 is 1.19 bits per heavy atom. The number of hydrogen-bond donors (Lipinski definition) is 1. The van der Waals surface area contributed by atoms with Gasteiger partial charge in [-0.15, -0.1) is 0 Å². The number of allylic oxidation sites excluding steroid dienone is 1. The van der Waals surface area contributed by atoms with Gasteiger partial charge in [0.2, 0.25) is 5.91 Å². The van der Waals surface area contributed by atoms with E-state index in [0.717, 1.165) is 38.1 Å². The average Bonchev–Trinajstić information content (AvgIpc) is 3.21. The van der Waals surface area contributed by atoms with Crippen LogP contribution in [0.4, 0.5) is 0 Å². The Hall–Kier alpha value is -1.57. The van der Waals surface area contributed by atoms with Gasteiger partial charge in [-0.2, -0.15) is 0 Å². The van der Waals surface area contributed by atoms with Crippen molar-refractivity contribution in [1.29, 1.82) is 0 Å². The summed E-state index contributed by atoms with van der Waals surface area (Å²) in [5.74, 6) is 1.29. The Morgan fingerprint density at radius 2 is 1.96 bits per heavy atom. The van der Waals surface area contributed by atoms with Gasteiger partial charge in [-0.1, -0.05) is 81.5 Å². The van der Waals surface area contributed by atoms with E-state index in [-0.39, 0.29) is 11.3 Å². The zero-order valence-electron chi connectivity index (χ0n) is 17.1. The summed E-state index contributed by atoms with van der Waals surface area (Å²) < 4.78 is 0. The Labute approximate surface area is 165 Å². The summed E-state index contributed by atoms with van der Waals surface area (Å²) in [5, 5.41) is 3.38. The maximum atomic E-state index is 13.0. The number of amides is 1. The van der Waals surface area contributed by atoms with Crippen molar-refractivity contribution in [2.45, 2.75) is 77.6 Å². The van der Waals surface area contributed by atoms with Crippen LogP contribution in [0.5, 0.6) is 0 Å². The predicted octanol–water partition coefficient (Wildman–Crippen LogP) is 6.07. The summed E-state index contributed by atoms with van der Waals surface area (Å²) in [5.41, 5.74) is 1.45. The molecule has 1 aromatic rings. The van der Waals surface area contributed by atoms with E-state index in [2.05, 4.69) is 54.7 Å². The third kappa shape index (κ3) is 5.96. The van der Waals surface area contributed by atoms with Crippen LogP contribution in [0.25, 0.3) is 0 Å². The normalized spacial score (nSPS) is 24.0. The quantitative estimate of drug-likeness (QED) is 0.527. The van der Waals surface area contributed by atoms with Crippen LogP contribution in [0.1, 0.15) is 76.7 Å². The van der Waals surface area contributed by atoms with Crippen LogP contribution < -0.4 is 5.32 Å². The first kappa shape index (κ1) is 20.2. The molecule has 148 valence electrons. The van der Waals surface area contributed by atoms with Crippen molar-refractivity contribution in [2.24, 2.45) is 17.3 Å². The molecule has 2 heteroatoms. The van der Waals surface area contributed by atoms with Crippen molar-refractivity contribution < 1.29 is 4.79 Å². The third-order valence-corrected chi connectivity index (χ3v) is 6.63. The molecule has 0 spiro atoms. The van der Waals surface area contributed by atoms with Gasteiger partial charge in [-0.05, 0) is 50.0 Å². The van der Waals surface area contributed by atoms with Crippen molar-refractivity contribution in [2.75, 3.05) is 6.54 Å². The van der Waals surface area contributed by atoms with Gasteiger partial charge in [0, 0.05) is 17.9 Å². The molecular weight excluding hydrogens is 330 g/mol. The van der Waals surface area contributed by atoms with Crippen LogP contribution in [0.15, 0.2) is 42.5 Å². The van der Waals surface area contributed by atoms with E-state index in [1.807, 2.05) is 0 Å². The van der Waals surface area contributed by atoms with Crippen molar-refractivity contribution in [3.8, 4) is 0 Å². The number of carbonyl (C=O) groups is 1. The van der Waals surface area contributed by atoms with Crippen LogP contribution in [0.3, 0.4) is 0 Å². The molecule has 2 nitrogen and oxygen atoms in total. The van der Waals surface area contributed by atoms with Gasteiger partial charge in [0.05, 0.1) is 0 Å². The summed E-state index contributed by atoms with van der Waals surface area (Å²) in [7, 11) is 0. The largest absolute Gasteiger partial charge is 0.355 e. The minimum atomic E-state index is 0.0827. The van der Waals surface area contributed by atoms with E-state index >= 15 is 0 Å². The molecule has 2 aliphatic carbocycles. The van der Waals surface area contributed by atoms with E-state index in [4.69, 9.17) is 0 Å². The Bertz CT molecular complexity index is 602. The summed E-state index contributed by atoms with van der Waals surface area (Å²) in [6.45, 7) is 2.98. The van der Waals surface area contributed by atoms with Gasteiger partial charge in [-0.25, -0.2) is 0 Å². The molecule has 0 saturated heterocycles. The minimum Gasteiger partial charge on any atom is -0.355 e. The fraction of sp³-hybridized carbons (Fsp3) is 0.640. The second-order valence-electron chi connectivity index (χ2n) is 8.91. The van der Waals surface area contributed by atoms with Gasteiger partial charge in [-0.3, -0.25) is 4.79 Å². The summed E-state index contributed by atoms with van der Waals surface area (Å²) in [6, 6.07) is 10.7. The molecule has 0 aromatic heterocycles. The highest BCUT2D eigenvalue weighted by Gasteiger charge is 2.31. The van der Waals surface area contributed by atoms with Gasteiger partial charge in [0.1, 0.15) is 0 Å². The number of hydrogen-bond acceptors (Lipinski definition) is 1. The summed E-state index contributed by atoms with van der Waals surface area (Å²) in [6.07, 6.45) is 17.9. The second-order valence-corrected chi connectivity index (χ2v) is 8.91. The molecule has 27 heavy (non-hydrogen) atoms. The van der Waals surface area contributed by atoms with Crippen molar-refractivity contribution in [3.63, 3.8) is 0 Å². The van der Waals surface area contributed by atoms with E-state index < -0.39 is 0 Å². The minimum absolute atomic E-state index is 0.0827. The van der Waals surface area contributed by atoms with Crippen molar-refractivity contribution in [3.05, 3.63) is 48.0 Å². The van der Waals surface area contributed by atoms with E-state index in [1.54, 1.807) is 0 Å². The van der Waals surface area contributed by atoms with Gasteiger partial charge in [0.15, 0.2) is 0 Å². The zero-order valence-corrected chi connectivity index (χ0v) is 17.1. The Balaban J connectivity index is 1.61. The SMILES string of the molecule is CCCC(CC1CCCC1)C(=O)NCC1(Cc2ccccc2)C=CCCC1. The van der Waals surface area contributed by atoms with Crippen LogP contribution in [0.2, 0.25) is 0 Å². The smallest absolute Gasteiger partial charge is 0.223 e. The first-order valence-corrected chi connectivity index (χ1v) is 11.2. The first-order chi connectivity index (χ1) is 13.2. The fourth-order valence-corrected chi connectivity index (χ4v) is 5.11. The second kappa shape index (κ2) is 10.1. The standard InChI is InChI=1S/C25H37NO/c1-2-11-23(18-21-12-7-8-13-21)24(27)26-20-25(16-9-4-10-17-25)19-22-14-5-3-6-15-22/h3,5-6,9,14-16,21,23H,2,4,7-8,10-13,17-20H2,1H3,(H,26,27). The first-order valence-electron chi connectivity index (χ1n) is 11.2. The molecule has 2 aliphatic rings. The molecule has 0 aliphatic heterocycles. The van der Waals surface area contributed by atoms with E-state index in [1.165, 1.54) is 50.5 Å². The summed E-state index contributed by atoms with van der Waals surface area (Å²) >= 11 is 0. The molecule has 1 fully saturated rings. The molecule has 1 saturated carbocycles. The van der Waals surface area contributed by atoms with Crippen LogP contribution in [-0.4, -0.2) is 12.5 Å². The highest BCUT2D eigenvalue weighted by Crippen LogP contribution is 2.35. The number of nitrogens with one attached hydrogen (secondary N) is 1. The highest BCUT2D eigenvalue weighted by molar-refractivity contribution is 5.78. The Morgan fingerprint density at radius 3 is 2.63 bits per heavy atom. The van der Waals surface area contributed by atoms with Crippen LogP contribution in [0, 0.1) is 17.3 Å². The van der Waals surface area contributed by atoms with Gasteiger partial charge in [0.25, 0.3) is 0 Å². The molecule has 2 atom stereocenters. The molecule has 1 aromatic carbocycles. The zero-order chi connectivity index (χ0) is 19.0. The molecule has 3 rings (SSSR count). The van der Waals surface area contributed by atoms with Crippen LogP contribution in [-0.2, 0) is 11.2 Å². The predicted molar refractivity (Wildman–Crippen MR) is 114 cm³/mol. The highest BCUT2D eigenvalue weighted by atomic mass is 16.1. The van der Waals surface area contributed by atoms with E-state index in [9.17, 15) is 4.79 Å². The third-order valence-electron chi connectivity index (χ3n) is 6.63. The van der Waals surface area contributed by atoms with Crippen LogP contribution >= 0.6 is 0 Å². The maximum absolute atomic E-state index is 13.0. The average molecular weight is 368 g/mol. The number of carbonyl (C=O) groups excluding carboxylic acids is 1. The van der Waals surface area contributed by atoms with Crippen molar-refractivity contribution >= 4 is 5.91 Å². The molecule has 0 heterocycles. The molecule has 1 N–H and O–H groups in total. The lowest BCUT2D eigenvalue weighted by molar-refractivity contribution is -0.126. The number of rotatable bonds is 9. The molecule has 0 bridgehead atoms. The lowest BCUT2D eigenvalue weighted by Crippen LogP contribution is -2.41. The lowest BCUT2D eigenvalue weighted by Gasteiger charge is -2.34. The van der Waals surface area contributed by atoms with Crippen molar-refractivity contribution in [1.82, 2.24) is 5.32 Å². The molecular formula is C25H37NO. The lowest BCUT2D eigenvalue weighted by atomic mass is 9.74. The maximum Gasteiger partial charge on any atom is 0.223 e. The molecule has 2 unspecified atom stereocenters. The Kier molecular flexibility index (Phi) is 7.55. The van der Waals surface area contributed by atoms with Gasteiger partial charge >= 0.3 is 0 Å². The summed E-state index contributed by atoms with van der Waals surface area (Å²) in [4.78, 5) is 13.0. The topological polar surface area (TPSA) is 29.1 Å². The molecule has 1 amide bonds. The number of benzene rings is 1. The molecule has 0 radical (unpaired) electrons. The van der Waals surface area contributed by atoms with E-state index in [0.29, 0.717) is 5.91 Å². The fourth-order valence-electron chi connectivity index (χ4n) is 5.11. The van der Waals surface area contributed by atoms with Gasteiger partial charge < -0.3 is 5.32 Å². The monoisotopic (exact) mass is 367 g/mol.